The highest BCUT2D eigenvalue weighted by molar-refractivity contribution is 5.80. The number of carbonyl (C=O) groups excluding carboxylic acids is 4. The molecular formula is C17H30N2O7. The van der Waals surface area contributed by atoms with Crippen molar-refractivity contribution in [1.29, 1.82) is 0 Å². The van der Waals surface area contributed by atoms with E-state index < -0.39 is 48.6 Å². The van der Waals surface area contributed by atoms with Crippen LogP contribution >= 0.6 is 0 Å². The van der Waals surface area contributed by atoms with Crippen molar-refractivity contribution in [2.75, 3.05) is 6.61 Å². The highest BCUT2D eigenvalue weighted by atomic mass is 16.6. The second-order valence-electron chi connectivity index (χ2n) is 6.56. The summed E-state index contributed by atoms with van der Waals surface area (Å²) in [6, 6.07) is -1.92. The third-order valence-electron chi connectivity index (χ3n) is 3.67. The topological polar surface area (TPSA) is 148 Å². The second kappa shape index (κ2) is 11.6. The molecule has 150 valence electrons. The van der Waals surface area contributed by atoms with Crippen molar-refractivity contribution in [2.45, 2.75) is 65.3 Å². The number of nitrogens with two attached hydrogens (primary N) is 2. The van der Waals surface area contributed by atoms with Gasteiger partial charge in [-0.05, 0) is 18.8 Å². The fourth-order valence-corrected chi connectivity index (χ4v) is 1.79. The lowest BCUT2D eigenvalue weighted by Gasteiger charge is -2.26. The maximum Gasteiger partial charge on any atom is 0.324 e. The van der Waals surface area contributed by atoms with Crippen molar-refractivity contribution in [3.8, 4) is 0 Å². The molecule has 0 spiro atoms. The van der Waals surface area contributed by atoms with Crippen molar-refractivity contribution in [1.82, 2.24) is 0 Å². The van der Waals surface area contributed by atoms with Crippen LogP contribution in [-0.4, -0.2) is 55.1 Å². The quantitative estimate of drug-likeness (QED) is 0.288. The van der Waals surface area contributed by atoms with Crippen LogP contribution in [0.15, 0.2) is 0 Å². The number of hydrogen-bond donors (Lipinski definition) is 2. The van der Waals surface area contributed by atoms with E-state index in [1.54, 1.807) is 34.6 Å². The normalized spacial score (nSPS) is 15.7. The van der Waals surface area contributed by atoms with Crippen LogP contribution in [-0.2, 0) is 33.4 Å². The van der Waals surface area contributed by atoms with Crippen LogP contribution in [0.2, 0.25) is 0 Å². The fourth-order valence-electron chi connectivity index (χ4n) is 1.79. The minimum absolute atomic E-state index is 0.106. The molecule has 0 aromatic rings. The van der Waals surface area contributed by atoms with Gasteiger partial charge in [0.1, 0.15) is 12.1 Å². The lowest BCUT2D eigenvalue weighted by molar-refractivity contribution is -0.174. The van der Waals surface area contributed by atoms with Crippen LogP contribution in [0.3, 0.4) is 0 Å². The predicted octanol–water partition coefficient (Wildman–Crippen LogP) is -0.0713. The number of hydrogen-bond acceptors (Lipinski definition) is 9. The van der Waals surface area contributed by atoms with Gasteiger partial charge in [-0.2, -0.15) is 0 Å². The first kappa shape index (κ1) is 24.0. The van der Waals surface area contributed by atoms with Gasteiger partial charge in [-0.25, -0.2) is 0 Å². The summed E-state index contributed by atoms with van der Waals surface area (Å²) in [6.45, 7) is 8.55. The molecule has 0 heterocycles. The minimum atomic E-state index is -1.50. The third-order valence-corrected chi connectivity index (χ3v) is 3.67. The minimum Gasteiger partial charge on any atom is -0.466 e. The Morgan fingerprint density at radius 3 is 1.77 bits per heavy atom. The molecule has 0 amide bonds. The Labute approximate surface area is 153 Å². The molecule has 0 bridgehead atoms. The fraction of sp³-hybridized carbons (Fsp3) is 0.765. The maximum absolute atomic E-state index is 12.1. The molecule has 0 fully saturated rings. The largest absolute Gasteiger partial charge is 0.466 e. The molecule has 0 aromatic heterocycles. The van der Waals surface area contributed by atoms with Crippen molar-refractivity contribution < 1.29 is 33.4 Å². The van der Waals surface area contributed by atoms with Crippen LogP contribution in [0.5, 0.6) is 0 Å². The van der Waals surface area contributed by atoms with Crippen molar-refractivity contribution in [3.63, 3.8) is 0 Å². The first-order valence-electron chi connectivity index (χ1n) is 8.58. The van der Waals surface area contributed by atoms with Gasteiger partial charge in [-0.15, -0.1) is 0 Å². The zero-order valence-corrected chi connectivity index (χ0v) is 16.0. The van der Waals surface area contributed by atoms with Gasteiger partial charge in [-0.1, -0.05) is 27.7 Å². The molecule has 0 saturated carbocycles. The van der Waals surface area contributed by atoms with E-state index in [4.69, 9.17) is 25.7 Å². The Kier molecular flexibility index (Phi) is 10.7. The van der Waals surface area contributed by atoms with Crippen LogP contribution in [0.25, 0.3) is 0 Å². The smallest absolute Gasteiger partial charge is 0.324 e. The Morgan fingerprint density at radius 1 is 0.923 bits per heavy atom. The molecule has 9 heteroatoms. The van der Waals surface area contributed by atoms with Crippen LogP contribution < -0.4 is 11.5 Å². The summed E-state index contributed by atoms with van der Waals surface area (Å²) >= 11 is 0. The summed E-state index contributed by atoms with van der Waals surface area (Å²) < 4.78 is 15.0. The molecule has 0 aliphatic heterocycles. The maximum atomic E-state index is 12.1. The van der Waals surface area contributed by atoms with Gasteiger partial charge in [0.25, 0.3) is 0 Å². The van der Waals surface area contributed by atoms with E-state index in [1.165, 1.54) is 0 Å². The van der Waals surface area contributed by atoms with E-state index in [-0.39, 0.29) is 24.7 Å². The lowest BCUT2D eigenvalue weighted by Crippen LogP contribution is -2.46. The molecule has 2 unspecified atom stereocenters. The van der Waals surface area contributed by atoms with E-state index in [0.717, 1.165) is 0 Å². The van der Waals surface area contributed by atoms with Gasteiger partial charge in [0, 0.05) is 0 Å². The van der Waals surface area contributed by atoms with Crippen molar-refractivity contribution in [2.24, 2.45) is 23.3 Å². The van der Waals surface area contributed by atoms with E-state index in [9.17, 15) is 19.2 Å². The summed E-state index contributed by atoms with van der Waals surface area (Å²) in [4.78, 5) is 47.3. The Hall–Kier alpha value is -2.00. The average molecular weight is 374 g/mol. The van der Waals surface area contributed by atoms with Gasteiger partial charge in [0.15, 0.2) is 18.5 Å². The molecule has 0 saturated heterocycles. The summed E-state index contributed by atoms with van der Waals surface area (Å²) in [5.74, 6) is -2.81. The Morgan fingerprint density at radius 2 is 1.38 bits per heavy atom. The van der Waals surface area contributed by atoms with Crippen LogP contribution in [0.4, 0.5) is 0 Å². The molecule has 9 nitrogen and oxygen atoms in total. The number of esters is 3. The SMILES string of the molecule is CCOC(=O)CC(OC(=O)[C@@H](N)C(C)C)C(C=O)OC(=O)[C@@H](N)C(C)C. The molecule has 0 rings (SSSR count). The first-order chi connectivity index (χ1) is 12.0. The number of rotatable bonds is 11. The standard InChI is InChI=1S/C17H30N2O7/c1-6-24-13(21)7-11(25-16(22)14(18)9(2)3)12(8-20)26-17(23)15(19)10(4)5/h8-12,14-15H,6-7,18-19H2,1-5H3/t11?,12?,14-,15-/m0/s1. The lowest BCUT2D eigenvalue weighted by atomic mass is 10.0. The predicted molar refractivity (Wildman–Crippen MR) is 92.7 cm³/mol. The molecule has 0 aromatic carbocycles. The molecular weight excluding hydrogens is 344 g/mol. The van der Waals surface area contributed by atoms with Crippen molar-refractivity contribution >= 4 is 24.2 Å². The van der Waals surface area contributed by atoms with Gasteiger partial charge in [-0.3, -0.25) is 19.2 Å². The zero-order valence-electron chi connectivity index (χ0n) is 16.0. The zero-order chi connectivity index (χ0) is 20.4. The average Bonchev–Trinajstić information content (AvgIpc) is 2.57. The number of ether oxygens (including phenoxy) is 3. The second-order valence-corrected chi connectivity index (χ2v) is 6.56. The molecule has 0 aliphatic rings. The van der Waals surface area contributed by atoms with Gasteiger partial charge in [0.05, 0.1) is 13.0 Å². The monoisotopic (exact) mass is 374 g/mol. The summed E-state index contributed by atoms with van der Waals surface area (Å²) in [7, 11) is 0. The van der Waals surface area contributed by atoms with E-state index in [0.29, 0.717) is 0 Å². The van der Waals surface area contributed by atoms with Crippen molar-refractivity contribution in [3.05, 3.63) is 0 Å². The summed E-state index contributed by atoms with van der Waals surface area (Å²) in [5.41, 5.74) is 11.4. The summed E-state index contributed by atoms with van der Waals surface area (Å²) in [6.07, 6.45) is -3.03. The first-order valence-corrected chi connectivity index (χ1v) is 8.58. The highest BCUT2D eigenvalue weighted by Gasteiger charge is 2.34. The van der Waals surface area contributed by atoms with Gasteiger partial charge < -0.3 is 25.7 Å². The molecule has 4 atom stereocenters. The van der Waals surface area contributed by atoms with Gasteiger partial charge >= 0.3 is 17.9 Å². The van der Waals surface area contributed by atoms with Crippen LogP contribution in [0.1, 0.15) is 41.0 Å². The molecule has 26 heavy (non-hydrogen) atoms. The summed E-state index contributed by atoms with van der Waals surface area (Å²) in [5, 5.41) is 0. The molecule has 4 N–H and O–H groups in total. The Balaban J connectivity index is 5.31. The van der Waals surface area contributed by atoms with Gasteiger partial charge in [0.2, 0.25) is 0 Å². The number of aldehydes is 1. The Bertz CT molecular complexity index is 494. The third kappa shape index (κ3) is 7.92. The van der Waals surface area contributed by atoms with E-state index >= 15 is 0 Å². The van der Waals surface area contributed by atoms with E-state index in [1.807, 2.05) is 0 Å². The highest BCUT2D eigenvalue weighted by Crippen LogP contribution is 2.14. The van der Waals surface area contributed by atoms with Crippen LogP contribution in [0, 0.1) is 11.8 Å². The molecule has 0 aliphatic carbocycles. The number of carbonyl (C=O) groups is 4. The molecule has 0 radical (unpaired) electrons. The van der Waals surface area contributed by atoms with E-state index in [2.05, 4.69) is 0 Å².